The summed E-state index contributed by atoms with van der Waals surface area (Å²) in [7, 11) is 1.28. The van der Waals surface area contributed by atoms with Crippen LogP contribution in [0.2, 0.25) is 0 Å². The molecular weight excluding hydrogens is 400 g/mol. The monoisotopic (exact) mass is 424 g/mol. The molecule has 9 heteroatoms. The number of carbonyl (C=O) groups excluding carboxylic acids is 4. The maximum Gasteiger partial charge on any atom is 0.337 e. The Morgan fingerprint density at radius 3 is 2.35 bits per heavy atom. The van der Waals surface area contributed by atoms with E-state index < -0.39 is 17.8 Å². The molecule has 3 rings (SSSR count). The van der Waals surface area contributed by atoms with Gasteiger partial charge in [-0.05, 0) is 55.2 Å². The van der Waals surface area contributed by atoms with Crippen LogP contribution in [-0.4, -0.2) is 60.3 Å². The molecule has 3 amide bonds. The number of methoxy groups -OCH3 is 1. The molecule has 1 fully saturated rings. The minimum atomic E-state index is -0.782. The van der Waals surface area contributed by atoms with Gasteiger partial charge in [-0.15, -0.1) is 0 Å². The van der Waals surface area contributed by atoms with Crippen LogP contribution in [0.1, 0.15) is 33.6 Å². The van der Waals surface area contributed by atoms with Crippen LogP contribution < -0.4 is 10.6 Å². The van der Waals surface area contributed by atoms with Crippen LogP contribution in [0, 0.1) is 5.92 Å². The normalized spacial score (nSPS) is 13.9. The lowest BCUT2D eigenvalue weighted by atomic mass is 9.96. The predicted octanol–water partition coefficient (Wildman–Crippen LogP) is 1.48. The summed E-state index contributed by atoms with van der Waals surface area (Å²) < 4.78 is 4.61. The van der Waals surface area contributed by atoms with Crippen LogP contribution in [0.5, 0.6) is 0 Å². The van der Waals surface area contributed by atoms with Crippen molar-refractivity contribution in [3.8, 4) is 0 Å². The summed E-state index contributed by atoms with van der Waals surface area (Å²) in [6, 6.07) is 9.51. The number of aromatic nitrogens is 1. The Morgan fingerprint density at radius 1 is 1.03 bits per heavy atom. The van der Waals surface area contributed by atoms with E-state index >= 15 is 0 Å². The van der Waals surface area contributed by atoms with E-state index in [-0.39, 0.29) is 11.8 Å². The Kier molecular flexibility index (Phi) is 7.31. The molecule has 2 aromatic rings. The molecule has 9 nitrogen and oxygen atoms in total. The standard InChI is InChI=1S/C22H24N4O5/c1-31-22(30)16-4-6-18(7-5-16)25-20(28)19(27)24-13-15-8-11-26(12-9-15)21(29)17-3-2-10-23-14-17/h2-7,10,14-15H,8-9,11-13H2,1H3,(H,24,27)(H,25,28). The number of carbonyl (C=O) groups is 4. The van der Waals surface area contributed by atoms with Crippen molar-refractivity contribution in [1.29, 1.82) is 0 Å². The molecule has 0 atom stereocenters. The molecule has 0 saturated carbocycles. The Bertz CT molecular complexity index is 938. The first-order valence-corrected chi connectivity index (χ1v) is 9.95. The summed E-state index contributed by atoms with van der Waals surface area (Å²) >= 11 is 0. The zero-order valence-electron chi connectivity index (χ0n) is 17.2. The van der Waals surface area contributed by atoms with E-state index in [9.17, 15) is 19.2 Å². The summed E-state index contributed by atoms with van der Waals surface area (Å²) in [5, 5.41) is 5.14. The molecule has 2 heterocycles. The first kappa shape index (κ1) is 21.9. The number of amides is 3. The largest absolute Gasteiger partial charge is 0.465 e. The first-order chi connectivity index (χ1) is 15.0. The number of nitrogens with one attached hydrogen (secondary N) is 2. The summed E-state index contributed by atoms with van der Waals surface area (Å²) in [4.78, 5) is 53.8. The highest BCUT2D eigenvalue weighted by molar-refractivity contribution is 6.39. The number of ether oxygens (including phenoxy) is 1. The Morgan fingerprint density at radius 2 is 1.74 bits per heavy atom. The van der Waals surface area contributed by atoms with E-state index in [0.29, 0.717) is 36.4 Å². The van der Waals surface area contributed by atoms with Crippen molar-refractivity contribution in [1.82, 2.24) is 15.2 Å². The zero-order valence-corrected chi connectivity index (χ0v) is 17.2. The SMILES string of the molecule is COC(=O)c1ccc(NC(=O)C(=O)NCC2CCN(C(=O)c3cccnc3)CC2)cc1. The second kappa shape index (κ2) is 10.3. The van der Waals surface area contributed by atoms with E-state index in [4.69, 9.17) is 0 Å². The van der Waals surface area contributed by atoms with Gasteiger partial charge < -0.3 is 20.3 Å². The van der Waals surface area contributed by atoms with Crippen molar-refractivity contribution in [3.05, 3.63) is 59.9 Å². The van der Waals surface area contributed by atoms with E-state index in [2.05, 4.69) is 20.4 Å². The summed E-state index contributed by atoms with van der Waals surface area (Å²) in [6.45, 7) is 1.54. The van der Waals surface area contributed by atoms with Gasteiger partial charge in [-0.3, -0.25) is 19.4 Å². The summed E-state index contributed by atoms with van der Waals surface area (Å²) in [5.74, 6) is -1.85. The van der Waals surface area contributed by atoms with Crippen molar-refractivity contribution in [3.63, 3.8) is 0 Å². The summed E-state index contributed by atoms with van der Waals surface area (Å²) in [6.07, 6.45) is 4.65. The number of hydrogen-bond donors (Lipinski definition) is 2. The van der Waals surface area contributed by atoms with Crippen LogP contribution >= 0.6 is 0 Å². The molecule has 1 saturated heterocycles. The lowest BCUT2D eigenvalue weighted by molar-refractivity contribution is -0.136. The van der Waals surface area contributed by atoms with Gasteiger partial charge in [0.1, 0.15) is 0 Å². The number of rotatable bonds is 5. The second-order valence-electron chi connectivity index (χ2n) is 7.21. The fraction of sp³-hybridized carbons (Fsp3) is 0.318. The summed E-state index contributed by atoms with van der Waals surface area (Å²) in [5.41, 5.74) is 1.30. The van der Waals surface area contributed by atoms with Crippen LogP contribution in [0.15, 0.2) is 48.8 Å². The van der Waals surface area contributed by atoms with Gasteiger partial charge in [-0.2, -0.15) is 0 Å². The molecular formula is C22H24N4O5. The third-order valence-electron chi connectivity index (χ3n) is 5.13. The smallest absolute Gasteiger partial charge is 0.337 e. The quantitative estimate of drug-likeness (QED) is 0.555. The molecule has 31 heavy (non-hydrogen) atoms. The highest BCUT2D eigenvalue weighted by Crippen LogP contribution is 2.18. The lowest BCUT2D eigenvalue weighted by Gasteiger charge is -2.32. The van der Waals surface area contributed by atoms with Crippen LogP contribution in [0.25, 0.3) is 0 Å². The number of esters is 1. The predicted molar refractivity (Wildman–Crippen MR) is 112 cm³/mol. The highest BCUT2D eigenvalue weighted by atomic mass is 16.5. The number of nitrogens with zero attached hydrogens (tertiary/aromatic N) is 2. The van der Waals surface area contributed by atoms with Crippen LogP contribution in [-0.2, 0) is 14.3 Å². The Balaban J connectivity index is 1.41. The molecule has 1 aliphatic heterocycles. The number of benzene rings is 1. The third-order valence-corrected chi connectivity index (χ3v) is 5.13. The number of hydrogen-bond acceptors (Lipinski definition) is 6. The Labute approximate surface area is 179 Å². The van der Waals surface area contributed by atoms with Gasteiger partial charge in [0.15, 0.2) is 0 Å². The molecule has 0 unspecified atom stereocenters. The topological polar surface area (TPSA) is 118 Å². The van der Waals surface area contributed by atoms with Crippen molar-refractivity contribution < 1.29 is 23.9 Å². The van der Waals surface area contributed by atoms with Crippen LogP contribution in [0.4, 0.5) is 5.69 Å². The number of anilines is 1. The van der Waals surface area contributed by atoms with Gasteiger partial charge >= 0.3 is 17.8 Å². The molecule has 0 spiro atoms. The van der Waals surface area contributed by atoms with Gasteiger partial charge in [0.05, 0.1) is 18.2 Å². The molecule has 2 N–H and O–H groups in total. The molecule has 1 aromatic heterocycles. The maximum absolute atomic E-state index is 12.4. The van der Waals surface area contributed by atoms with E-state index in [0.717, 1.165) is 12.8 Å². The number of likely N-dealkylation sites (tertiary alicyclic amines) is 1. The van der Waals surface area contributed by atoms with E-state index in [1.54, 1.807) is 29.4 Å². The van der Waals surface area contributed by atoms with Gasteiger partial charge in [-0.1, -0.05) is 0 Å². The molecule has 0 radical (unpaired) electrons. The fourth-order valence-corrected chi connectivity index (χ4v) is 3.32. The maximum atomic E-state index is 12.4. The third kappa shape index (κ3) is 5.88. The molecule has 162 valence electrons. The average Bonchev–Trinajstić information content (AvgIpc) is 2.82. The fourth-order valence-electron chi connectivity index (χ4n) is 3.32. The van der Waals surface area contributed by atoms with Gasteiger partial charge in [0, 0.05) is 37.7 Å². The Hall–Kier alpha value is -3.75. The number of pyridine rings is 1. The van der Waals surface area contributed by atoms with E-state index in [1.807, 2.05) is 0 Å². The van der Waals surface area contributed by atoms with Crippen molar-refractivity contribution in [2.75, 3.05) is 32.1 Å². The van der Waals surface area contributed by atoms with Crippen molar-refractivity contribution in [2.45, 2.75) is 12.8 Å². The molecule has 1 aliphatic rings. The zero-order chi connectivity index (χ0) is 22.2. The lowest BCUT2D eigenvalue weighted by Crippen LogP contribution is -2.43. The minimum absolute atomic E-state index is 0.0480. The van der Waals surface area contributed by atoms with E-state index in [1.165, 1.54) is 31.4 Å². The number of piperidine rings is 1. The first-order valence-electron chi connectivity index (χ1n) is 9.95. The van der Waals surface area contributed by atoms with Gasteiger partial charge in [-0.25, -0.2) is 4.79 Å². The van der Waals surface area contributed by atoms with Crippen molar-refractivity contribution in [2.24, 2.45) is 5.92 Å². The molecule has 1 aromatic carbocycles. The molecule has 0 bridgehead atoms. The molecule has 0 aliphatic carbocycles. The van der Waals surface area contributed by atoms with Gasteiger partial charge in [0.25, 0.3) is 5.91 Å². The second-order valence-corrected chi connectivity index (χ2v) is 7.21. The van der Waals surface area contributed by atoms with Crippen LogP contribution in [0.3, 0.4) is 0 Å². The van der Waals surface area contributed by atoms with Gasteiger partial charge in [0.2, 0.25) is 0 Å². The minimum Gasteiger partial charge on any atom is -0.465 e. The highest BCUT2D eigenvalue weighted by Gasteiger charge is 2.24. The van der Waals surface area contributed by atoms with Crippen molar-refractivity contribution >= 4 is 29.4 Å². The average molecular weight is 424 g/mol.